The van der Waals surface area contributed by atoms with E-state index in [0.29, 0.717) is 0 Å². The van der Waals surface area contributed by atoms with Crippen molar-refractivity contribution in [3.05, 3.63) is 66.8 Å². The highest BCUT2D eigenvalue weighted by Gasteiger charge is 2.30. The van der Waals surface area contributed by atoms with Gasteiger partial charge in [0.05, 0.1) is 17.1 Å². The Balaban J connectivity index is 2.70. The Labute approximate surface area is 245 Å². The Morgan fingerprint density at radius 3 is 0.475 bits per heavy atom. The molecule has 0 saturated carbocycles. The lowest BCUT2D eigenvalue weighted by Crippen LogP contribution is -2.24. The molecule has 0 amide bonds. The lowest BCUT2D eigenvalue weighted by molar-refractivity contribution is 1.03. The van der Waals surface area contributed by atoms with Gasteiger partial charge in [-0.1, -0.05) is 0 Å². The molecule has 0 saturated heterocycles. The Morgan fingerprint density at radius 1 is 0.225 bits per heavy atom. The molecule has 0 atom stereocenters. The second kappa shape index (κ2) is 11.0. The SMILES string of the molecule is Cc1c(C)c(N(c2c(C)c(C)c(N(C)C)c(C)c2C)c2c(C)c(C)c(N(C)C)c(C)c2C)c(C)c(C)c1N(C)C. The molecular formula is C36H54N4. The summed E-state index contributed by atoms with van der Waals surface area (Å²) in [5.74, 6) is 0. The van der Waals surface area contributed by atoms with E-state index in [9.17, 15) is 0 Å². The van der Waals surface area contributed by atoms with E-state index in [2.05, 4.69) is 145 Å². The van der Waals surface area contributed by atoms with Gasteiger partial charge in [0.2, 0.25) is 0 Å². The van der Waals surface area contributed by atoms with Crippen molar-refractivity contribution in [1.82, 2.24) is 0 Å². The molecule has 0 spiro atoms. The van der Waals surface area contributed by atoms with Crippen LogP contribution < -0.4 is 19.6 Å². The fourth-order valence-electron chi connectivity index (χ4n) is 7.17. The maximum Gasteiger partial charge on any atom is 0.0527 e. The molecule has 0 N–H and O–H groups in total. The fraction of sp³-hybridized carbons (Fsp3) is 0.500. The van der Waals surface area contributed by atoms with Gasteiger partial charge in [-0.25, -0.2) is 0 Å². The van der Waals surface area contributed by atoms with Crippen LogP contribution >= 0.6 is 0 Å². The summed E-state index contributed by atoms with van der Waals surface area (Å²) in [5, 5.41) is 0. The summed E-state index contributed by atoms with van der Waals surface area (Å²) in [5.41, 5.74) is 24.0. The molecule has 3 aromatic carbocycles. The van der Waals surface area contributed by atoms with E-state index in [1.165, 1.54) is 101 Å². The van der Waals surface area contributed by atoms with Crippen molar-refractivity contribution in [2.24, 2.45) is 0 Å². The minimum atomic E-state index is 1.31. The first kappa shape index (κ1) is 31.4. The van der Waals surface area contributed by atoms with Crippen LogP contribution in [-0.2, 0) is 0 Å². The van der Waals surface area contributed by atoms with Crippen LogP contribution in [0, 0.1) is 83.1 Å². The number of benzene rings is 3. The first-order valence-corrected chi connectivity index (χ1v) is 14.5. The van der Waals surface area contributed by atoms with E-state index >= 15 is 0 Å². The Hall–Kier alpha value is -3.14. The molecule has 0 unspecified atom stereocenters. The first-order valence-electron chi connectivity index (χ1n) is 14.5. The van der Waals surface area contributed by atoms with Crippen LogP contribution in [0.5, 0.6) is 0 Å². The average molecular weight is 543 g/mol. The molecule has 0 bridgehead atoms. The second-order valence-electron chi connectivity index (χ2n) is 12.6. The van der Waals surface area contributed by atoms with Crippen molar-refractivity contribution in [3.63, 3.8) is 0 Å². The summed E-state index contributed by atoms with van der Waals surface area (Å²) in [6, 6.07) is 0. The zero-order valence-corrected chi connectivity index (χ0v) is 28.8. The topological polar surface area (TPSA) is 13.0 Å². The summed E-state index contributed by atoms with van der Waals surface area (Å²) in [6.45, 7) is 27.6. The number of hydrogen-bond acceptors (Lipinski definition) is 4. The van der Waals surface area contributed by atoms with Gasteiger partial charge in [0.25, 0.3) is 0 Å². The first-order chi connectivity index (χ1) is 18.4. The number of anilines is 6. The van der Waals surface area contributed by atoms with Crippen molar-refractivity contribution < 1.29 is 0 Å². The third kappa shape index (κ3) is 4.63. The molecule has 218 valence electrons. The van der Waals surface area contributed by atoms with Gasteiger partial charge in [-0.2, -0.15) is 0 Å². The van der Waals surface area contributed by atoms with E-state index in [1.807, 2.05) is 0 Å². The maximum absolute atomic E-state index is 2.64. The molecule has 3 rings (SSSR count). The summed E-state index contributed by atoms with van der Waals surface area (Å²) in [7, 11) is 13.0. The lowest BCUT2D eigenvalue weighted by atomic mass is 9.88. The van der Waals surface area contributed by atoms with E-state index in [4.69, 9.17) is 0 Å². The molecule has 3 aromatic rings. The Kier molecular flexibility index (Phi) is 8.65. The van der Waals surface area contributed by atoms with Crippen LogP contribution in [0.25, 0.3) is 0 Å². The predicted molar refractivity (Wildman–Crippen MR) is 181 cm³/mol. The summed E-state index contributed by atoms with van der Waals surface area (Å²) < 4.78 is 0. The van der Waals surface area contributed by atoms with E-state index < -0.39 is 0 Å². The highest BCUT2D eigenvalue weighted by molar-refractivity contribution is 5.93. The minimum Gasteiger partial charge on any atom is -0.377 e. The second-order valence-corrected chi connectivity index (χ2v) is 12.6. The van der Waals surface area contributed by atoms with Crippen LogP contribution in [0.4, 0.5) is 34.1 Å². The highest BCUT2D eigenvalue weighted by Crippen LogP contribution is 2.51. The van der Waals surface area contributed by atoms with Crippen LogP contribution in [0.15, 0.2) is 0 Å². The van der Waals surface area contributed by atoms with Crippen molar-refractivity contribution in [1.29, 1.82) is 0 Å². The standard InChI is InChI=1S/C36H54N4/c1-19-25(7)34(26(8)20(2)31(19)37(13)14)40(35-27(9)21(3)32(38(15)16)22(4)28(35)10)36-29(11)23(5)33(39(17)18)24(6)30(36)12/h1-18H3. The van der Waals surface area contributed by atoms with Gasteiger partial charge in [-0.3, -0.25) is 0 Å². The van der Waals surface area contributed by atoms with Crippen LogP contribution in [0.1, 0.15) is 66.8 Å². The molecule has 0 aromatic heterocycles. The summed E-state index contributed by atoms with van der Waals surface area (Å²) in [6.07, 6.45) is 0. The number of nitrogens with zero attached hydrogens (tertiary/aromatic N) is 4. The number of rotatable bonds is 6. The van der Waals surface area contributed by atoms with E-state index in [-0.39, 0.29) is 0 Å². The van der Waals surface area contributed by atoms with E-state index in [0.717, 1.165) is 0 Å². The number of hydrogen-bond donors (Lipinski definition) is 0. The van der Waals surface area contributed by atoms with Gasteiger partial charge in [-0.05, 0) is 150 Å². The smallest absolute Gasteiger partial charge is 0.0527 e. The predicted octanol–water partition coefficient (Wildman–Crippen LogP) is 9.06. The summed E-state index contributed by atoms with van der Waals surface area (Å²) in [4.78, 5) is 9.45. The molecular weight excluding hydrogens is 488 g/mol. The van der Waals surface area contributed by atoms with Crippen molar-refractivity contribution in [2.45, 2.75) is 83.1 Å². The normalized spacial score (nSPS) is 11.2. The third-order valence-electron chi connectivity index (χ3n) is 9.65. The van der Waals surface area contributed by atoms with Crippen molar-refractivity contribution in [3.8, 4) is 0 Å². The van der Waals surface area contributed by atoms with Crippen LogP contribution in [0.2, 0.25) is 0 Å². The monoisotopic (exact) mass is 542 g/mol. The quantitative estimate of drug-likeness (QED) is 0.308. The van der Waals surface area contributed by atoms with Crippen LogP contribution in [0.3, 0.4) is 0 Å². The summed E-state index contributed by atoms with van der Waals surface area (Å²) >= 11 is 0. The van der Waals surface area contributed by atoms with Gasteiger partial charge < -0.3 is 19.6 Å². The zero-order chi connectivity index (χ0) is 30.7. The van der Waals surface area contributed by atoms with E-state index in [1.54, 1.807) is 0 Å². The molecule has 0 radical (unpaired) electrons. The van der Waals surface area contributed by atoms with Gasteiger partial charge in [0.15, 0.2) is 0 Å². The molecule has 0 aliphatic rings. The van der Waals surface area contributed by atoms with Crippen LogP contribution in [-0.4, -0.2) is 42.3 Å². The molecule has 4 heteroatoms. The fourth-order valence-corrected chi connectivity index (χ4v) is 7.17. The van der Waals surface area contributed by atoms with Gasteiger partial charge in [0.1, 0.15) is 0 Å². The average Bonchev–Trinajstić information content (AvgIpc) is 2.85. The molecule has 4 nitrogen and oxygen atoms in total. The highest BCUT2D eigenvalue weighted by atomic mass is 15.2. The minimum absolute atomic E-state index is 1.31. The molecule has 0 aliphatic heterocycles. The Bertz CT molecular complexity index is 1220. The Morgan fingerprint density at radius 2 is 0.350 bits per heavy atom. The molecule has 0 aliphatic carbocycles. The maximum atomic E-state index is 2.64. The molecule has 0 heterocycles. The zero-order valence-electron chi connectivity index (χ0n) is 28.8. The molecule has 40 heavy (non-hydrogen) atoms. The van der Waals surface area contributed by atoms with Gasteiger partial charge in [0, 0.05) is 59.3 Å². The van der Waals surface area contributed by atoms with Gasteiger partial charge in [-0.15, -0.1) is 0 Å². The lowest BCUT2D eigenvalue weighted by Gasteiger charge is -2.39. The largest absolute Gasteiger partial charge is 0.377 e. The third-order valence-corrected chi connectivity index (χ3v) is 9.65. The van der Waals surface area contributed by atoms with Crippen molar-refractivity contribution >= 4 is 34.1 Å². The molecule has 0 fully saturated rings. The van der Waals surface area contributed by atoms with Gasteiger partial charge >= 0.3 is 0 Å². The van der Waals surface area contributed by atoms with Crippen molar-refractivity contribution in [2.75, 3.05) is 61.9 Å².